The fraction of sp³-hybridized carbons (Fsp3) is 0.632. The van der Waals surface area contributed by atoms with Gasteiger partial charge in [0.1, 0.15) is 0 Å². The van der Waals surface area contributed by atoms with Crippen LogP contribution in [-0.2, 0) is 4.79 Å². The van der Waals surface area contributed by atoms with Crippen LogP contribution in [0.1, 0.15) is 63.5 Å². The Morgan fingerprint density at radius 3 is 2.59 bits per heavy atom. The molecule has 0 radical (unpaired) electrons. The Balaban J connectivity index is 1.65. The fourth-order valence-corrected chi connectivity index (χ4v) is 3.42. The second-order valence-corrected chi connectivity index (χ2v) is 6.64. The van der Waals surface area contributed by atoms with Crippen LogP contribution in [0.15, 0.2) is 30.3 Å². The van der Waals surface area contributed by atoms with E-state index in [4.69, 9.17) is 0 Å². The molecule has 1 aliphatic rings. The zero-order chi connectivity index (χ0) is 15.8. The third kappa shape index (κ3) is 5.45. The highest BCUT2D eigenvalue weighted by Crippen LogP contribution is 2.31. The number of aliphatic hydroxyl groups excluding tert-OH is 1. The highest BCUT2D eigenvalue weighted by Gasteiger charge is 2.22. The van der Waals surface area contributed by atoms with Crippen LogP contribution in [0.5, 0.6) is 0 Å². The quantitative estimate of drug-likeness (QED) is 0.804. The van der Waals surface area contributed by atoms with E-state index >= 15 is 0 Å². The van der Waals surface area contributed by atoms with E-state index in [1.54, 1.807) is 0 Å². The van der Waals surface area contributed by atoms with Gasteiger partial charge in [0.2, 0.25) is 5.91 Å². The molecule has 1 fully saturated rings. The number of rotatable bonds is 7. The molecule has 0 unspecified atom stereocenters. The van der Waals surface area contributed by atoms with Crippen LogP contribution in [-0.4, -0.2) is 17.6 Å². The Bertz CT molecular complexity index is 440. The van der Waals surface area contributed by atoms with Crippen LogP contribution in [0.4, 0.5) is 0 Å². The van der Waals surface area contributed by atoms with Gasteiger partial charge in [-0.05, 0) is 23.8 Å². The van der Waals surface area contributed by atoms with Crippen LogP contribution in [0.25, 0.3) is 0 Å². The summed E-state index contributed by atoms with van der Waals surface area (Å²) in [4.78, 5) is 12.0. The number of carbonyl (C=O) groups is 1. The van der Waals surface area contributed by atoms with Gasteiger partial charge < -0.3 is 10.4 Å². The van der Waals surface area contributed by atoms with Crippen molar-refractivity contribution >= 4 is 5.91 Å². The van der Waals surface area contributed by atoms with E-state index < -0.39 is 6.10 Å². The maximum Gasteiger partial charge on any atom is 0.220 e. The summed E-state index contributed by atoms with van der Waals surface area (Å²) in [5, 5.41) is 13.0. The Morgan fingerprint density at radius 2 is 1.91 bits per heavy atom. The predicted molar refractivity (Wildman–Crippen MR) is 89.4 cm³/mol. The molecular weight excluding hydrogens is 274 g/mol. The van der Waals surface area contributed by atoms with Gasteiger partial charge in [-0.15, -0.1) is 0 Å². The van der Waals surface area contributed by atoms with E-state index in [1.165, 1.54) is 32.1 Å². The van der Waals surface area contributed by atoms with E-state index in [0.717, 1.165) is 11.5 Å². The topological polar surface area (TPSA) is 49.3 Å². The van der Waals surface area contributed by atoms with E-state index in [9.17, 15) is 9.90 Å². The number of hydrogen-bond acceptors (Lipinski definition) is 2. The average molecular weight is 303 g/mol. The molecule has 2 atom stereocenters. The summed E-state index contributed by atoms with van der Waals surface area (Å²) >= 11 is 0. The van der Waals surface area contributed by atoms with Crippen molar-refractivity contribution in [3.8, 4) is 0 Å². The van der Waals surface area contributed by atoms with E-state index in [-0.39, 0.29) is 5.91 Å². The van der Waals surface area contributed by atoms with Crippen molar-refractivity contribution in [3.63, 3.8) is 0 Å². The molecule has 0 aromatic heterocycles. The molecule has 1 saturated carbocycles. The van der Waals surface area contributed by atoms with Gasteiger partial charge in [0.05, 0.1) is 6.10 Å². The van der Waals surface area contributed by atoms with Crippen molar-refractivity contribution in [2.24, 2.45) is 11.8 Å². The van der Waals surface area contributed by atoms with Gasteiger partial charge in [-0.2, -0.15) is 0 Å². The van der Waals surface area contributed by atoms with Gasteiger partial charge in [0.15, 0.2) is 0 Å². The Morgan fingerprint density at radius 1 is 1.23 bits per heavy atom. The number of benzene rings is 1. The maximum atomic E-state index is 12.0. The molecule has 3 nitrogen and oxygen atoms in total. The first kappa shape index (κ1) is 17.0. The molecule has 1 aromatic rings. The zero-order valence-corrected chi connectivity index (χ0v) is 13.6. The smallest absolute Gasteiger partial charge is 0.220 e. The minimum Gasteiger partial charge on any atom is -0.388 e. The van der Waals surface area contributed by atoms with Gasteiger partial charge in [-0.25, -0.2) is 0 Å². The predicted octanol–water partition coefficient (Wildman–Crippen LogP) is 3.83. The number of amides is 1. The number of carbonyl (C=O) groups excluding carboxylic acids is 1. The molecule has 0 saturated heterocycles. The third-order valence-electron chi connectivity index (χ3n) is 4.89. The van der Waals surface area contributed by atoms with Crippen molar-refractivity contribution in [2.75, 3.05) is 6.54 Å². The molecule has 0 bridgehead atoms. The minimum atomic E-state index is -0.503. The van der Waals surface area contributed by atoms with Gasteiger partial charge in [0.25, 0.3) is 0 Å². The van der Waals surface area contributed by atoms with E-state index in [0.29, 0.717) is 25.3 Å². The van der Waals surface area contributed by atoms with Gasteiger partial charge in [-0.3, -0.25) is 4.79 Å². The average Bonchev–Trinajstić information content (AvgIpc) is 2.56. The van der Waals surface area contributed by atoms with Crippen LogP contribution >= 0.6 is 0 Å². The van der Waals surface area contributed by atoms with Gasteiger partial charge in [-0.1, -0.05) is 69.4 Å². The summed E-state index contributed by atoms with van der Waals surface area (Å²) in [5.74, 6) is 1.31. The van der Waals surface area contributed by atoms with Crippen LogP contribution in [0, 0.1) is 11.8 Å². The normalized spacial score (nSPS) is 18.6. The summed E-state index contributed by atoms with van der Waals surface area (Å²) in [5.41, 5.74) is 0.910. The highest BCUT2D eigenvalue weighted by molar-refractivity contribution is 5.76. The van der Waals surface area contributed by atoms with Crippen molar-refractivity contribution < 1.29 is 9.90 Å². The highest BCUT2D eigenvalue weighted by atomic mass is 16.3. The number of hydrogen-bond donors (Lipinski definition) is 2. The molecule has 122 valence electrons. The minimum absolute atomic E-state index is 0.123. The third-order valence-corrected chi connectivity index (χ3v) is 4.89. The molecular formula is C19H29NO2. The summed E-state index contributed by atoms with van der Waals surface area (Å²) in [7, 11) is 0. The molecule has 0 heterocycles. The molecule has 0 spiro atoms. The van der Waals surface area contributed by atoms with Crippen molar-refractivity contribution in [3.05, 3.63) is 35.9 Å². The summed E-state index contributed by atoms with van der Waals surface area (Å²) < 4.78 is 0. The first-order valence-corrected chi connectivity index (χ1v) is 8.66. The number of nitrogens with one attached hydrogen (secondary N) is 1. The number of aliphatic hydroxyl groups is 1. The van der Waals surface area contributed by atoms with Crippen LogP contribution in [0.2, 0.25) is 0 Å². The summed E-state index contributed by atoms with van der Waals surface area (Å²) in [6, 6.07) is 9.60. The van der Waals surface area contributed by atoms with Crippen molar-refractivity contribution in [1.82, 2.24) is 5.32 Å². The van der Waals surface area contributed by atoms with Crippen molar-refractivity contribution in [2.45, 2.75) is 58.0 Å². The van der Waals surface area contributed by atoms with Crippen LogP contribution < -0.4 is 5.32 Å². The molecule has 22 heavy (non-hydrogen) atoms. The van der Waals surface area contributed by atoms with E-state index in [1.807, 2.05) is 30.3 Å². The zero-order valence-electron chi connectivity index (χ0n) is 13.6. The lowest BCUT2D eigenvalue weighted by atomic mass is 9.79. The molecule has 1 amide bonds. The molecule has 1 aliphatic carbocycles. The Labute approximate surface area is 134 Å². The molecule has 2 N–H and O–H groups in total. The van der Waals surface area contributed by atoms with Crippen LogP contribution in [0.3, 0.4) is 0 Å². The monoisotopic (exact) mass is 303 g/mol. The van der Waals surface area contributed by atoms with Gasteiger partial charge in [0, 0.05) is 13.0 Å². The van der Waals surface area contributed by atoms with Gasteiger partial charge >= 0.3 is 0 Å². The first-order valence-electron chi connectivity index (χ1n) is 8.66. The SMILES string of the molecule is C[C@H](CC(=O)NCC[C@@H](O)c1ccccc1)C1CCCCC1. The Kier molecular flexibility index (Phi) is 6.91. The second-order valence-electron chi connectivity index (χ2n) is 6.64. The standard InChI is InChI=1S/C19H29NO2/c1-15(16-8-4-2-5-9-16)14-19(22)20-13-12-18(21)17-10-6-3-7-11-17/h3,6-7,10-11,15-16,18,21H,2,4-5,8-9,12-14H2,1H3,(H,20,22)/t15-,18-/m1/s1. The summed E-state index contributed by atoms with van der Waals surface area (Å²) in [6.07, 6.45) is 7.23. The second kappa shape index (κ2) is 8.94. The summed E-state index contributed by atoms with van der Waals surface area (Å²) in [6.45, 7) is 2.74. The molecule has 3 heteroatoms. The maximum absolute atomic E-state index is 12.0. The molecule has 1 aromatic carbocycles. The fourth-order valence-electron chi connectivity index (χ4n) is 3.42. The molecule has 0 aliphatic heterocycles. The van der Waals surface area contributed by atoms with Crippen molar-refractivity contribution in [1.29, 1.82) is 0 Å². The van der Waals surface area contributed by atoms with E-state index in [2.05, 4.69) is 12.2 Å². The lowest BCUT2D eigenvalue weighted by molar-refractivity contribution is -0.122. The lowest BCUT2D eigenvalue weighted by Crippen LogP contribution is -2.29. The lowest BCUT2D eigenvalue weighted by Gasteiger charge is -2.27. The first-order chi connectivity index (χ1) is 10.7. The largest absolute Gasteiger partial charge is 0.388 e. The molecule has 2 rings (SSSR count). The Hall–Kier alpha value is -1.35.